The first-order chi connectivity index (χ1) is 19.2. The molecular formula is C34H40N2O4. The molecule has 0 spiro atoms. The third-order valence-corrected chi connectivity index (χ3v) is 8.49. The van der Waals surface area contributed by atoms with Gasteiger partial charge in [-0.05, 0) is 70.5 Å². The molecule has 0 heterocycles. The molecule has 0 bridgehead atoms. The van der Waals surface area contributed by atoms with Crippen LogP contribution < -0.4 is 10.6 Å². The maximum atomic E-state index is 13.4. The minimum absolute atomic E-state index is 0.383. The van der Waals surface area contributed by atoms with Gasteiger partial charge < -0.3 is 20.8 Å². The van der Waals surface area contributed by atoms with Gasteiger partial charge in [0.1, 0.15) is 0 Å². The molecule has 4 N–H and O–H groups in total. The van der Waals surface area contributed by atoms with Crippen LogP contribution in [0.25, 0.3) is 21.5 Å². The molecule has 0 fully saturated rings. The Kier molecular flexibility index (Phi) is 8.92. The monoisotopic (exact) mass is 540 g/mol. The van der Waals surface area contributed by atoms with Crippen molar-refractivity contribution in [3.8, 4) is 0 Å². The molecule has 0 saturated heterocycles. The Morgan fingerprint density at radius 2 is 0.900 bits per heavy atom. The molecule has 0 aliphatic carbocycles. The zero-order chi connectivity index (χ0) is 28.9. The summed E-state index contributed by atoms with van der Waals surface area (Å²) in [6.45, 7) is 7.45. The van der Waals surface area contributed by atoms with Gasteiger partial charge in [0.05, 0.1) is 23.3 Å². The summed E-state index contributed by atoms with van der Waals surface area (Å²) in [4.78, 5) is 26.9. The lowest BCUT2D eigenvalue weighted by Gasteiger charge is -2.37. The SMILES string of the molecule is CCC(O)(CC)C(NC(=O)C(=O)NC(c1ccc2ccccc2c1)C(O)(CC)CC)c1ccc2ccccc2c1. The minimum Gasteiger partial charge on any atom is -0.387 e. The van der Waals surface area contributed by atoms with E-state index < -0.39 is 35.1 Å². The fourth-order valence-corrected chi connectivity index (χ4v) is 5.54. The van der Waals surface area contributed by atoms with Crippen molar-refractivity contribution in [2.45, 2.75) is 76.7 Å². The van der Waals surface area contributed by atoms with Crippen molar-refractivity contribution in [3.63, 3.8) is 0 Å². The van der Waals surface area contributed by atoms with Gasteiger partial charge in [-0.1, -0.05) is 100 Å². The van der Waals surface area contributed by atoms with Crippen molar-refractivity contribution < 1.29 is 19.8 Å². The molecule has 0 aliphatic heterocycles. The van der Waals surface area contributed by atoms with Gasteiger partial charge in [-0.3, -0.25) is 9.59 Å². The second-order valence-electron chi connectivity index (χ2n) is 10.6. The van der Waals surface area contributed by atoms with Gasteiger partial charge >= 0.3 is 11.8 Å². The van der Waals surface area contributed by atoms with Crippen LogP contribution in [0.4, 0.5) is 0 Å². The Balaban J connectivity index is 1.65. The molecule has 40 heavy (non-hydrogen) atoms. The van der Waals surface area contributed by atoms with E-state index in [9.17, 15) is 19.8 Å². The second kappa shape index (κ2) is 12.2. The topological polar surface area (TPSA) is 98.7 Å². The normalized spacial score (nSPS) is 13.7. The molecule has 0 saturated carbocycles. The molecule has 2 amide bonds. The van der Waals surface area contributed by atoms with Gasteiger partial charge in [-0.2, -0.15) is 0 Å². The summed E-state index contributed by atoms with van der Waals surface area (Å²) < 4.78 is 0. The van der Waals surface area contributed by atoms with E-state index in [-0.39, 0.29) is 0 Å². The van der Waals surface area contributed by atoms with Gasteiger partial charge in [-0.25, -0.2) is 0 Å². The molecule has 6 heteroatoms. The average Bonchev–Trinajstić information content (AvgIpc) is 3.00. The Bertz CT molecular complexity index is 1380. The van der Waals surface area contributed by atoms with Crippen LogP contribution in [-0.2, 0) is 9.59 Å². The van der Waals surface area contributed by atoms with Crippen LogP contribution in [0.1, 0.15) is 76.6 Å². The molecular weight excluding hydrogens is 500 g/mol. The summed E-state index contributed by atoms with van der Waals surface area (Å²) in [5.74, 6) is -1.72. The predicted molar refractivity (Wildman–Crippen MR) is 161 cm³/mol. The van der Waals surface area contributed by atoms with Gasteiger partial charge in [0.15, 0.2) is 0 Å². The second-order valence-corrected chi connectivity index (χ2v) is 10.6. The van der Waals surface area contributed by atoms with Gasteiger partial charge in [-0.15, -0.1) is 0 Å². The summed E-state index contributed by atoms with van der Waals surface area (Å²) in [6, 6.07) is 25.7. The number of fused-ring (bicyclic) bond motifs is 2. The van der Waals surface area contributed by atoms with E-state index in [4.69, 9.17) is 0 Å². The van der Waals surface area contributed by atoms with E-state index >= 15 is 0 Å². The van der Waals surface area contributed by atoms with Crippen molar-refractivity contribution in [1.29, 1.82) is 0 Å². The zero-order valence-corrected chi connectivity index (χ0v) is 23.8. The Labute approximate surface area is 236 Å². The van der Waals surface area contributed by atoms with Crippen LogP contribution in [0.3, 0.4) is 0 Å². The molecule has 0 radical (unpaired) electrons. The lowest BCUT2D eigenvalue weighted by Crippen LogP contribution is -2.53. The molecule has 210 valence electrons. The lowest BCUT2D eigenvalue weighted by molar-refractivity contribution is -0.143. The smallest absolute Gasteiger partial charge is 0.309 e. The zero-order valence-electron chi connectivity index (χ0n) is 23.8. The third-order valence-electron chi connectivity index (χ3n) is 8.49. The van der Waals surface area contributed by atoms with Crippen LogP contribution in [0.2, 0.25) is 0 Å². The number of rotatable bonds is 10. The summed E-state index contributed by atoms with van der Waals surface area (Å²) in [5, 5.41) is 32.8. The number of carbonyl (C=O) groups excluding carboxylic acids is 2. The third kappa shape index (κ3) is 5.88. The summed E-state index contributed by atoms with van der Waals surface area (Å²) in [5.41, 5.74) is -1.08. The van der Waals surface area contributed by atoms with Gasteiger partial charge in [0, 0.05) is 0 Å². The predicted octanol–water partition coefficient (Wildman–Crippen LogP) is 6.11. The van der Waals surface area contributed by atoms with Crippen LogP contribution in [0.5, 0.6) is 0 Å². The fraction of sp³-hybridized carbons (Fsp3) is 0.353. The van der Waals surface area contributed by atoms with Crippen molar-refractivity contribution in [2.75, 3.05) is 0 Å². The molecule has 2 unspecified atom stereocenters. The number of aliphatic hydroxyl groups is 2. The number of benzene rings is 4. The standard InChI is InChI=1S/C34H40N2O4/c1-5-33(39,6-2)29(27-19-17-23-13-9-11-15-25(23)21-27)35-31(37)32(38)36-30(34(40,7-3)8-4)28-20-18-24-14-10-12-16-26(24)22-28/h9-22,29-30,39-40H,5-8H2,1-4H3,(H,35,37)(H,36,38). The van der Waals surface area contributed by atoms with E-state index in [0.29, 0.717) is 25.7 Å². The highest BCUT2D eigenvalue weighted by Gasteiger charge is 2.40. The van der Waals surface area contributed by atoms with Crippen LogP contribution in [0.15, 0.2) is 84.9 Å². The lowest BCUT2D eigenvalue weighted by atomic mass is 9.83. The van der Waals surface area contributed by atoms with Crippen molar-refractivity contribution in [3.05, 3.63) is 96.1 Å². The summed E-state index contributed by atoms with van der Waals surface area (Å²) in [6.07, 6.45) is 1.53. The number of nitrogens with one attached hydrogen (secondary N) is 2. The number of amides is 2. The van der Waals surface area contributed by atoms with Crippen molar-refractivity contribution in [2.24, 2.45) is 0 Å². The maximum absolute atomic E-state index is 13.4. The molecule has 0 aliphatic rings. The highest BCUT2D eigenvalue weighted by atomic mass is 16.3. The van der Waals surface area contributed by atoms with Crippen LogP contribution in [0, 0.1) is 0 Å². The highest BCUT2D eigenvalue weighted by molar-refractivity contribution is 6.35. The average molecular weight is 541 g/mol. The van der Waals surface area contributed by atoms with Crippen LogP contribution in [-0.4, -0.2) is 33.2 Å². The first kappa shape index (κ1) is 29.2. The summed E-state index contributed by atoms with van der Waals surface area (Å²) >= 11 is 0. The van der Waals surface area contributed by atoms with E-state index in [0.717, 1.165) is 32.7 Å². The Morgan fingerprint density at radius 1 is 0.575 bits per heavy atom. The van der Waals surface area contributed by atoms with Crippen molar-refractivity contribution in [1.82, 2.24) is 10.6 Å². The van der Waals surface area contributed by atoms with E-state index in [1.807, 2.05) is 113 Å². The Morgan fingerprint density at radius 3 is 1.23 bits per heavy atom. The number of hydrogen-bond donors (Lipinski definition) is 4. The maximum Gasteiger partial charge on any atom is 0.309 e. The molecule has 4 aromatic carbocycles. The fourth-order valence-electron chi connectivity index (χ4n) is 5.54. The van der Waals surface area contributed by atoms with Crippen molar-refractivity contribution >= 4 is 33.4 Å². The molecule has 0 aromatic heterocycles. The molecule has 4 aromatic rings. The molecule has 6 nitrogen and oxygen atoms in total. The molecule has 2 atom stereocenters. The van der Waals surface area contributed by atoms with E-state index in [1.165, 1.54) is 0 Å². The minimum atomic E-state index is -1.26. The first-order valence-corrected chi connectivity index (χ1v) is 14.2. The van der Waals surface area contributed by atoms with Gasteiger partial charge in [0.2, 0.25) is 0 Å². The quantitative estimate of drug-likeness (QED) is 0.182. The Hall–Kier alpha value is -3.74. The largest absolute Gasteiger partial charge is 0.387 e. The van der Waals surface area contributed by atoms with Gasteiger partial charge in [0.25, 0.3) is 0 Å². The van der Waals surface area contributed by atoms with E-state index in [1.54, 1.807) is 0 Å². The number of hydrogen-bond acceptors (Lipinski definition) is 4. The summed E-state index contributed by atoms with van der Waals surface area (Å²) in [7, 11) is 0. The highest BCUT2D eigenvalue weighted by Crippen LogP contribution is 2.35. The van der Waals surface area contributed by atoms with Crippen LogP contribution >= 0.6 is 0 Å². The molecule has 4 rings (SSSR count). The van der Waals surface area contributed by atoms with E-state index in [2.05, 4.69) is 10.6 Å². The first-order valence-electron chi connectivity index (χ1n) is 14.2. The number of carbonyl (C=O) groups is 2.